The van der Waals surface area contributed by atoms with Crippen LogP contribution in [-0.2, 0) is 0 Å². The summed E-state index contributed by atoms with van der Waals surface area (Å²) < 4.78 is 13.6. The molecule has 0 spiro atoms. The van der Waals surface area contributed by atoms with Crippen molar-refractivity contribution in [3.05, 3.63) is 51.6 Å². The lowest BCUT2D eigenvalue weighted by Gasteiger charge is -2.04. The number of aromatic nitrogens is 2. The molecule has 0 N–H and O–H groups in total. The monoisotopic (exact) mass is 247 g/mol. The predicted molar refractivity (Wildman–Crippen MR) is 63.6 cm³/mol. The fourth-order valence-corrected chi connectivity index (χ4v) is 1.56. The summed E-state index contributed by atoms with van der Waals surface area (Å²) in [6, 6.07) is 4.03. The predicted octanol–water partition coefficient (Wildman–Crippen LogP) is 2.81. The van der Waals surface area contributed by atoms with Crippen molar-refractivity contribution in [1.82, 2.24) is 9.97 Å². The van der Waals surface area contributed by atoms with Crippen LogP contribution in [-0.4, -0.2) is 14.9 Å². The summed E-state index contributed by atoms with van der Waals surface area (Å²) in [7, 11) is 0. The van der Waals surface area contributed by atoms with E-state index in [1.165, 1.54) is 24.4 Å². The molecule has 0 unspecified atom stereocenters. The zero-order valence-corrected chi connectivity index (χ0v) is 9.85. The Balaban J connectivity index is 2.61. The maximum atomic E-state index is 13.6. The molecule has 0 aliphatic carbocycles. The Morgan fingerprint density at radius 3 is 2.72 bits per heavy atom. The van der Waals surface area contributed by atoms with E-state index in [0.717, 1.165) is 0 Å². The van der Waals surface area contributed by atoms with Crippen LogP contribution >= 0.6 is 0 Å². The van der Waals surface area contributed by atoms with Crippen molar-refractivity contribution >= 4 is 5.69 Å². The average Bonchev–Trinajstić information content (AvgIpc) is 2.33. The number of nitrogens with zero attached hydrogens (tertiary/aromatic N) is 3. The van der Waals surface area contributed by atoms with Gasteiger partial charge in [0.25, 0.3) is 5.69 Å². The molecule has 0 amide bonds. The van der Waals surface area contributed by atoms with Gasteiger partial charge < -0.3 is 0 Å². The van der Waals surface area contributed by atoms with Gasteiger partial charge in [-0.25, -0.2) is 9.37 Å². The first-order valence-electron chi connectivity index (χ1n) is 5.23. The van der Waals surface area contributed by atoms with E-state index in [1.807, 2.05) is 0 Å². The number of pyridine rings is 2. The van der Waals surface area contributed by atoms with Gasteiger partial charge in [0, 0.05) is 23.5 Å². The van der Waals surface area contributed by atoms with Crippen LogP contribution in [0.5, 0.6) is 0 Å². The molecule has 0 saturated heterocycles. The van der Waals surface area contributed by atoms with Crippen LogP contribution < -0.4 is 0 Å². The van der Waals surface area contributed by atoms with Gasteiger partial charge in [-0.1, -0.05) is 0 Å². The largest absolute Gasteiger partial charge is 0.276 e. The number of hydrogen-bond acceptors (Lipinski definition) is 4. The van der Waals surface area contributed by atoms with Gasteiger partial charge in [-0.2, -0.15) is 0 Å². The Hall–Kier alpha value is -2.37. The van der Waals surface area contributed by atoms with Gasteiger partial charge >= 0.3 is 0 Å². The van der Waals surface area contributed by atoms with Gasteiger partial charge in [-0.3, -0.25) is 15.1 Å². The highest BCUT2D eigenvalue weighted by Gasteiger charge is 2.16. The number of halogens is 1. The molecule has 2 aromatic heterocycles. The van der Waals surface area contributed by atoms with Gasteiger partial charge in [0.2, 0.25) is 0 Å². The van der Waals surface area contributed by atoms with Gasteiger partial charge in [0.15, 0.2) is 5.82 Å². The third-order valence-electron chi connectivity index (χ3n) is 2.50. The van der Waals surface area contributed by atoms with E-state index in [0.29, 0.717) is 11.3 Å². The van der Waals surface area contributed by atoms with Crippen LogP contribution in [0.25, 0.3) is 11.4 Å². The van der Waals surface area contributed by atoms with Gasteiger partial charge in [0.1, 0.15) is 5.69 Å². The number of rotatable bonds is 2. The second-order valence-corrected chi connectivity index (χ2v) is 3.90. The first-order chi connectivity index (χ1) is 8.49. The van der Waals surface area contributed by atoms with E-state index in [2.05, 4.69) is 9.97 Å². The summed E-state index contributed by atoms with van der Waals surface area (Å²) in [5, 5.41) is 10.8. The van der Waals surface area contributed by atoms with E-state index < -0.39 is 10.7 Å². The highest BCUT2D eigenvalue weighted by Crippen LogP contribution is 2.25. The Morgan fingerprint density at radius 1 is 1.33 bits per heavy atom. The van der Waals surface area contributed by atoms with Crippen LogP contribution in [0.1, 0.15) is 11.3 Å². The minimum absolute atomic E-state index is 0.0260. The number of hydrogen-bond donors (Lipinski definition) is 0. The van der Waals surface area contributed by atoms with Crippen molar-refractivity contribution in [2.75, 3.05) is 0 Å². The third kappa shape index (κ3) is 2.17. The molecule has 0 fully saturated rings. The Bertz CT molecular complexity index is 629. The molecular formula is C12H10FN3O2. The van der Waals surface area contributed by atoms with Crippen LogP contribution in [0, 0.1) is 29.8 Å². The van der Waals surface area contributed by atoms with Crippen molar-refractivity contribution < 1.29 is 9.31 Å². The lowest BCUT2D eigenvalue weighted by Crippen LogP contribution is -1.98. The lowest BCUT2D eigenvalue weighted by molar-refractivity contribution is -0.385. The van der Waals surface area contributed by atoms with E-state index >= 15 is 0 Å². The molecule has 2 rings (SSSR count). The van der Waals surface area contributed by atoms with Crippen LogP contribution in [0.4, 0.5) is 10.1 Å². The molecule has 0 atom stereocenters. The summed E-state index contributed by atoms with van der Waals surface area (Å²) in [5.41, 5.74) is 1.14. The van der Waals surface area contributed by atoms with E-state index in [1.54, 1.807) is 13.8 Å². The van der Waals surface area contributed by atoms with Gasteiger partial charge in [-0.15, -0.1) is 0 Å². The van der Waals surface area contributed by atoms with Gasteiger partial charge in [0.05, 0.1) is 10.6 Å². The van der Waals surface area contributed by atoms with Crippen LogP contribution in [0.15, 0.2) is 24.4 Å². The first kappa shape index (κ1) is 12.1. The topological polar surface area (TPSA) is 68.9 Å². The molecule has 92 valence electrons. The molecule has 0 aliphatic heterocycles. The normalized spacial score (nSPS) is 10.4. The molecule has 5 nitrogen and oxygen atoms in total. The Labute approximate surface area is 102 Å². The highest BCUT2D eigenvalue weighted by atomic mass is 19.1. The minimum atomic E-state index is -0.550. The lowest BCUT2D eigenvalue weighted by atomic mass is 10.1. The van der Waals surface area contributed by atoms with Crippen molar-refractivity contribution in [3.8, 4) is 11.4 Å². The molecule has 0 aliphatic rings. The van der Waals surface area contributed by atoms with Crippen LogP contribution in [0.3, 0.4) is 0 Å². The van der Waals surface area contributed by atoms with Crippen molar-refractivity contribution in [2.24, 2.45) is 0 Å². The molecule has 2 aromatic rings. The molecule has 0 saturated carbocycles. The number of nitro groups is 1. The fraction of sp³-hybridized carbons (Fsp3) is 0.167. The zero-order chi connectivity index (χ0) is 13.3. The van der Waals surface area contributed by atoms with Crippen LogP contribution in [0.2, 0.25) is 0 Å². The maximum Gasteiger partial charge on any atom is 0.276 e. The maximum absolute atomic E-state index is 13.6. The zero-order valence-electron chi connectivity index (χ0n) is 9.85. The van der Waals surface area contributed by atoms with Gasteiger partial charge in [-0.05, 0) is 26.0 Å². The van der Waals surface area contributed by atoms with Crippen molar-refractivity contribution in [3.63, 3.8) is 0 Å². The molecule has 0 aromatic carbocycles. The summed E-state index contributed by atoms with van der Waals surface area (Å²) >= 11 is 0. The molecule has 0 radical (unpaired) electrons. The van der Waals surface area contributed by atoms with E-state index in [9.17, 15) is 14.5 Å². The average molecular weight is 247 g/mol. The second-order valence-electron chi connectivity index (χ2n) is 3.90. The fourth-order valence-electron chi connectivity index (χ4n) is 1.56. The quantitative estimate of drug-likeness (QED) is 0.604. The summed E-state index contributed by atoms with van der Waals surface area (Å²) in [4.78, 5) is 18.3. The summed E-state index contributed by atoms with van der Waals surface area (Å²) in [6.45, 7) is 3.29. The minimum Gasteiger partial charge on any atom is -0.258 e. The standard InChI is InChI=1S/C12H10FN3O2/c1-7-6-14-10(5-11(7)16(17)18)12-9(13)4-3-8(2)15-12/h3-6H,1-2H3. The third-order valence-corrected chi connectivity index (χ3v) is 2.50. The summed E-state index contributed by atoms with van der Waals surface area (Å²) in [6.07, 6.45) is 1.34. The van der Waals surface area contributed by atoms with E-state index in [4.69, 9.17) is 0 Å². The molecule has 2 heterocycles. The molecule has 6 heteroatoms. The highest BCUT2D eigenvalue weighted by molar-refractivity contribution is 5.59. The second kappa shape index (κ2) is 4.48. The molecular weight excluding hydrogens is 237 g/mol. The van der Waals surface area contributed by atoms with Crippen molar-refractivity contribution in [1.29, 1.82) is 0 Å². The molecule has 0 bridgehead atoms. The SMILES string of the molecule is Cc1ccc(F)c(-c2cc([N+](=O)[O-])c(C)cn2)n1. The Kier molecular flexibility index (Phi) is 3.01. The molecule has 18 heavy (non-hydrogen) atoms. The smallest absolute Gasteiger partial charge is 0.258 e. The first-order valence-corrected chi connectivity index (χ1v) is 5.23. The number of aryl methyl sites for hydroxylation is 2. The Morgan fingerprint density at radius 2 is 2.06 bits per heavy atom. The summed E-state index contributed by atoms with van der Waals surface area (Å²) in [5.74, 6) is -0.550. The van der Waals surface area contributed by atoms with Crippen molar-refractivity contribution in [2.45, 2.75) is 13.8 Å². The van der Waals surface area contributed by atoms with E-state index in [-0.39, 0.29) is 17.1 Å².